The molecule has 0 aliphatic heterocycles. The van der Waals surface area contributed by atoms with Gasteiger partial charge in [-0.2, -0.15) is 0 Å². The molecule has 18 heavy (non-hydrogen) atoms. The number of halogens is 2. The van der Waals surface area contributed by atoms with E-state index in [0.717, 1.165) is 31.6 Å². The first-order valence-corrected chi connectivity index (χ1v) is 7.21. The van der Waals surface area contributed by atoms with Crippen molar-refractivity contribution in [3.8, 4) is 0 Å². The summed E-state index contributed by atoms with van der Waals surface area (Å²) in [5.41, 5.74) is 1.01. The van der Waals surface area contributed by atoms with Crippen molar-refractivity contribution >= 4 is 23.2 Å². The molecular weight excluding hydrogens is 269 g/mol. The Morgan fingerprint density at radius 1 is 1.22 bits per heavy atom. The molecule has 0 heterocycles. The van der Waals surface area contributed by atoms with Crippen LogP contribution < -0.4 is 5.32 Å². The number of hydrogen-bond acceptors (Lipinski definition) is 2. The standard InChI is InChI=1S/C14H21Cl2NO/c1-3-8-17-13(10-18-9-4-2)11-6-5-7-12(15)14(11)16/h5-7,13,17H,3-4,8-10H2,1-2H3. The number of ether oxygens (including phenoxy) is 1. The molecule has 2 nitrogen and oxygen atoms in total. The molecule has 0 spiro atoms. The zero-order valence-electron chi connectivity index (χ0n) is 11.0. The molecule has 1 atom stereocenters. The third-order valence-corrected chi connectivity index (χ3v) is 3.46. The van der Waals surface area contributed by atoms with Crippen molar-refractivity contribution in [1.29, 1.82) is 0 Å². The maximum atomic E-state index is 6.25. The summed E-state index contributed by atoms with van der Waals surface area (Å²) in [6.45, 7) is 6.55. The van der Waals surface area contributed by atoms with Crippen LogP contribution in [0.5, 0.6) is 0 Å². The Kier molecular flexibility index (Phi) is 7.68. The lowest BCUT2D eigenvalue weighted by atomic mass is 10.1. The number of nitrogens with one attached hydrogen (secondary N) is 1. The van der Waals surface area contributed by atoms with Gasteiger partial charge in [0.15, 0.2) is 0 Å². The molecule has 0 saturated heterocycles. The third kappa shape index (κ3) is 4.77. The normalized spacial score (nSPS) is 12.7. The van der Waals surface area contributed by atoms with Gasteiger partial charge in [-0.15, -0.1) is 0 Å². The van der Waals surface area contributed by atoms with E-state index in [2.05, 4.69) is 19.2 Å². The Labute approximate surface area is 120 Å². The molecule has 0 aliphatic carbocycles. The minimum Gasteiger partial charge on any atom is -0.379 e. The lowest BCUT2D eigenvalue weighted by molar-refractivity contribution is 0.112. The molecular formula is C14H21Cl2NO. The summed E-state index contributed by atoms with van der Waals surface area (Å²) in [7, 11) is 0. The lowest BCUT2D eigenvalue weighted by Crippen LogP contribution is -2.26. The van der Waals surface area contributed by atoms with E-state index in [0.29, 0.717) is 16.7 Å². The molecule has 0 saturated carbocycles. The Bertz CT molecular complexity index is 358. The summed E-state index contributed by atoms with van der Waals surface area (Å²) in [5.74, 6) is 0. The van der Waals surface area contributed by atoms with Crippen molar-refractivity contribution in [1.82, 2.24) is 5.32 Å². The zero-order chi connectivity index (χ0) is 13.4. The van der Waals surface area contributed by atoms with Gasteiger partial charge in [-0.1, -0.05) is 49.2 Å². The number of hydrogen-bond donors (Lipinski definition) is 1. The summed E-state index contributed by atoms with van der Waals surface area (Å²) in [5, 5.41) is 4.65. The van der Waals surface area contributed by atoms with Gasteiger partial charge in [0.2, 0.25) is 0 Å². The monoisotopic (exact) mass is 289 g/mol. The molecule has 0 radical (unpaired) electrons. The van der Waals surface area contributed by atoms with Crippen molar-refractivity contribution in [2.24, 2.45) is 0 Å². The van der Waals surface area contributed by atoms with Crippen LogP contribution in [0.25, 0.3) is 0 Å². The van der Waals surface area contributed by atoms with E-state index in [-0.39, 0.29) is 6.04 Å². The SMILES string of the molecule is CCCNC(COCCC)c1cccc(Cl)c1Cl. The highest BCUT2D eigenvalue weighted by molar-refractivity contribution is 6.42. The van der Waals surface area contributed by atoms with Crippen molar-refractivity contribution in [2.45, 2.75) is 32.7 Å². The van der Waals surface area contributed by atoms with Gasteiger partial charge in [-0.3, -0.25) is 0 Å². The number of rotatable bonds is 8. The van der Waals surface area contributed by atoms with Crippen LogP contribution in [0.1, 0.15) is 38.3 Å². The first-order valence-electron chi connectivity index (χ1n) is 6.45. The van der Waals surface area contributed by atoms with Crippen molar-refractivity contribution < 1.29 is 4.74 Å². The second kappa shape index (κ2) is 8.76. The Morgan fingerprint density at radius 2 is 2.00 bits per heavy atom. The minimum absolute atomic E-state index is 0.0997. The van der Waals surface area contributed by atoms with E-state index >= 15 is 0 Å². The van der Waals surface area contributed by atoms with Gasteiger partial charge in [0.1, 0.15) is 0 Å². The summed E-state index contributed by atoms with van der Waals surface area (Å²) in [4.78, 5) is 0. The maximum absolute atomic E-state index is 6.25. The van der Waals surface area contributed by atoms with Gasteiger partial charge in [0.25, 0.3) is 0 Å². The Morgan fingerprint density at radius 3 is 2.67 bits per heavy atom. The molecule has 1 aromatic carbocycles. The molecule has 4 heteroatoms. The summed E-state index contributed by atoms with van der Waals surface area (Å²) < 4.78 is 5.63. The zero-order valence-corrected chi connectivity index (χ0v) is 12.5. The predicted molar refractivity (Wildman–Crippen MR) is 78.6 cm³/mol. The van der Waals surface area contributed by atoms with Crippen LogP contribution >= 0.6 is 23.2 Å². The first kappa shape index (κ1) is 15.8. The molecule has 1 N–H and O–H groups in total. The molecule has 1 unspecified atom stereocenters. The molecule has 1 aromatic rings. The summed E-state index contributed by atoms with van der Waals surface area (Å²) >= 11 is 12.3. The predicted octanol–water partition coefficient (Wildman–Crippen LogP) is 4.46. The molecule has 0 fully saturated rings. The van der Waals surface area contributed by atoms with Crippen LogP contribution in [-0.4, -0.2) is 19.8 Å². The van der Waals surface area contributed by atoms with Gasteiger partial charge in [0.05, 0.1) is 22.7 Å². The molecule has 0 bridgehead atoms. The third-order valence-electron chi connectivity index (χ3n) is 2.63. The smallest absolute Gasteiger partial charge is 0.0662 e. The largest absolute Gasteiger partial charge is 0.379 e. The van der Waals surface area contributed by atoms with Gasteiger partial charge < -0.3 is 10.1 Å². The maximum Gasteiger partial charge on any atom is 0.0662 e. The van der Waals surface area contributed by atoms with Crippen LogP contribution in [-0.2, 0) is 4.74 Å². The second-order valence-electron chi connectivity index (χ2n) is 4.22. The van der Waals surface area contributed by atoms with Gasteiger partial charge in [-0.05, 0) is 31.0 Å². The fourth-order valence-corrected chi connectivity index (χ4v) is 2.15. The van der Waals surface area contributed by atoms with E-state index < -0.39 is 0 Å². The van der Waals surface area contributed by atoms with E-state index in [1.165, 1.54) is 0 Å². The quantitative estimate of drug-likeness (QED) is 0.714. The van der Waals surface area contributed by atoms with Gasteiger partial charge >= 0.3 is 0 Å². The lowest BCUT2D eigenvalue weighted by Gasteiger charge is -2.20. The summed E-state index contributed by atoms with van der Waals surface area (Å²) in [6.07, 6.45) is 2.09. The van der Waals surface area contributed by atoms with Crippen LogP contribution in [0.3, 0.4) is 0 Å². The van der Waals surface area contributed by atoms with E-state index in [4.69, 9.17) is 27.9 Å². The average molecular weight is 290 g/mol. The highest BCUT2D eigenvalue weighted by atomic mass is 35.5. The van der Waals surface area contributed by atoms with E-state index in [9.17, 15) is 0 Å². The van der Waals surface area contributed by atoms with E-state index in [1.54, 1.807) is 6.07 Å². The van der Waals surface area contributed by atoms with Crippen LogP contribution in [0, 0.1) is 0 Å². The van der Waals surface area contributed by atoms with Gasteiger partial charge in [0, 0.05) is 6.61 Å². The second-order valence-corrected chi connectivity index (χ2v) is 5.01. The van der Waals surface area contributed by atoms with Crippen LogP contribution in [0.2, 0.25) is 10.0 Å². The topological polar surface area (TPSA) is 21.3 Å². The molecule has 1 rings (SSSR count). The average Bonchev–Trinajstić information content (AvgIpc) is 2.37. The Hall–Kier alpha value is -0.280. The minimum atomic E-state index is 0.0997. The highest BCUT2D eigenvalue weighted by Crippen LogP contribution is 2.30. The van der Waals surface area contributed by atoms with Gasteiger partial charge in [-0.25, -0.2) is 0 Å². The molecule has 0 aliphatic rings. The molecule has 0 amide bonds. The molecule has 0 aromatic heterocycles. The van der Waals surface area contributed by atoms with Crippen LogP contribution in [0.4, 0.5) is 0 Å². The Balaban J connectivity index is 2.76. The number of benzene rings is 1. The van der Waals surface area contributed by atoms with Crippen LogP contribution in [0.15, 0.2) is 18.2 Å². The molecule has 102 valence electrons. The fraction of sp³-hybridized carbons (Fsp3) is 0.571. The summed E-state index contributed by atoms with van der Waals surface area (Å²) in [6, 6.07) is 5.82. The van der Waals surface area contributed by atoms with Crippen molar-refractivity contribution in [3.05, 3.63) is 33.8 Å². The van der Waals surface area contributed by atoms with Crippen molar-refractivity contribution in [2.75, 3.05) is 19.8 Å². The fourth-order valence-electron chi connectivity index (χ4n) is 1.71. The first-order chi connectivity index (χ1) is 8.70. The highest BCUT2D eigenvalue weighted by Gasteiger charge is 2.15. The van der Waals surface area contributed by atoms with Crippen molar-refractivity contribution in [3.63, 3.8) is 0 Å². The van der Waals surface area contributed by atoms with E-state index in [1.807, 2.05) is 12.1 Å².